The summed E-state index contributed by atoms with van der Waals surface area (Å²) in [4.78, 5) is 17.7. The smallest absolute Gasteiger partial charge is 0.186 e. The van der Waals surface area contributed by atoms with E-state index in [0.29, 0.717) is 27.8 Å². The number of fused-ring (bicyclic) bond motifs is 1. The van der Waals surface area contributed by atoms with Gasteiger partial charge in [0.2, 0.25) is 0 Å². The van der Waals surface area contributed by atoms with Gasteiger partial charge >= 0.3 is 0 Å². The summed E-state index contributed by atoms with van der Waals surface area (Å²) in [6, 6.07) is 18.9. The summed E-state index contributed by atoms with van der Waals surface area (Å²) in [6.45, 7) is 0. The molecule has 0 amide bonds. The van der Waals surface area contributed by atoms with Gasteiger partial charge in [-0.2, -0.15) is 5.26 Å². The number of carbonyl (C=O) groups is 1. The molecule has 0 saturated carbocycles. The average molecular weight is 493 g/mol. The van der Waals surface area contributed by atoms with Crippen molar-refractivity contribution in [2.24, 2.45) is 0 Å². The highest BCUT2D eigenvalue weighted by Gasteiger charge is 2.25. The summed E-state index contributed by atoms with van der Waals surface area (Å²) in [5.74, 6) is -0.0364. The van der Waals surface area contributed by atoms with Crippen LogP contribution in [0.3, 0.4) is 0 Å². The number of aromatic nitrogens is 1. The first kappa shape index (κ1) is 21.0. The van der Waals surface area contributed by atoms with E-state index in [9.17, 15) is 10.1 Å². The molecule has 0 aliphatic heterocycles. The van der Waals surface area contributed by atoms with Crippen LogP contribution in [0.4, 0.5) is 0 Å². The Balaban J connectivity index is 1.66. The van der Waals surface area contributed by atoms with Crippen molar-refractivity contribution in [3.8, 4) is 28.8 Å². The van der Waals surface area contributed by atoms with Gasteiger partial charge in [-0.3, -0.25) is 4.79 Å². The third-order valence-electron chi connectivity index (χ3n) is 4.95. The second-order valence-corrected chi connectivity index (χ2v) is 8.49. The SMILES string of the molecule is COc1ccc(-c2csc(C(C#N)C(=O)c3ccc4cccc(Br)c4c3)n2)cc1OC. The fourth-order valence-corrected chi connectivity index (χ4v) is 4.69. The molecular weight excluding hydrogens is 476 g/mol. The number of thiazole rings is 1. The number of halogens is 1. The summed E-state index contributed by atoms with van der Waals surface area (Å²) in [5, 5.41) is 14.0. The maximum atomic E-state index is 13.2. The van der Waals surface area contributed by atoms with Gasteiger partial charge in [-0.15, -0.1) is 11.3 Å². The number of nitriles is 1. The van der Waals surface area contributed by atoms with E-state index < -0.39 is 5.92 Å². The molecule has 4 rings (SSSR count). The third kappa shape index (κ3) is 4.05. The Morgan fingerprint density at radius 2 is 1.90 bits per heavy atom. The Labute approximate surface area is 192 Å². The second kappa shape index (κ2) is 8.88. The van der Waals surface area contributed by atoms with Gasteiger partial charge < -0.3 is 9.47 Å². The van der Waals surface area contributed by atoms with Gasteiger partial charge in [0.25, 0.3) is 0 Å². The largest absolute Gasteiger partial charge is 0.493 e. The summed E-state index contributed by atoms with van der Waals surface area (Å²) in [5.41, 5.74) is 1.98. The number of rotatable bonds is 6. The fourth-order valence-electron chi connectivity index (χ4n) is 3.33. The molecule has 4 aromatic rings. The van der Waals surface area contributed by atoms with Gasteiger partial charge in [-0.1, -0.05) is 40.2 Å². The molecular formula is C24H17BrN2O3S. The van der Waals surface area contributed by atoms with Crippen molar-refractivity contribution in [3.05, 3.63) is 75.0 Å². The average Bonchev–Trinajstić information content (AvgIpc) is 3.29. The van der Waals surface area contributed by atoms with E-state index in [1.165, 1.54) is 11.3 Å². The van der Waals surface area contributed by atoms with Crippen molar-refractivity contribution in [2.75, 3.05) is 14.2 Å². The number of methoxy groups -OCH3 is 2. The summed E-state index contributed by atoms with van der Waals surface area (Å²) >= 11 is 4.82. The van der Waals surface area contributed by atoms with Crippen LogP contribution < -0.4 is 9.47 Å². The molecule has 5 nitrogen and oxygen atoms in total. The molecule has 3 aromatic carbocycles. The molecule has 0 bridgehead atoms. The molecule has 0 radical (unpaired) electrons. The topological polar surface area (TPSA) is 72.2 Å². The Morgan fingerprint density at radius 3 is 2.65 bits per heavy atom. The van der Waals surface area contributed by atoms with E-state index in [4.69, 9.17) is 9.47 Å². The van der Waals surface area contributed by atoms with Gasteiger partial charge in [0.1, 0.15) is 5.01 Å². The zero-order valence-electron chi connectivity index (χ0n) is 16.8. The molecule has 0 spiro atoms. The lowest BCUT2D eigenvalue weighted by Crippen LogP contribution is -2.11. The second-order valence-electron chi connectivity index (χ2n) is 6.74. The molecule has 1 aromatic heterocycles. The summed E-state index contributed by atoms with van der Waals surface area (Å²) < 4.78 is 11.5. The lowest BCUT2D eigenvalue weighted by molar-refractivity contribution is 0.0979. The van der Waals surface area contributed by atoms with E-state index >= 15 is 0 Å². The first-order valence-corrected chi connectivity index (χ1v) is 11.0. The van der Waals surface area contributed by atoms with Crippen LogP contribution in [-0.2, 0) is 0 Å². The molecule has 0 aliphatic carbocycles. The highest BCUT2D eigenvalue weighted by Crippen LogP contribution is 2.34. The van der Waals surface area contributed by atoms with E-state index in [2.05, 4.69) is 27.0 Å². The van der Waals surface area contributed by atoms with Gasteiger partial charge in [-0.25, -0.2) is 4.98 Å². The lowest BCUT2D eigenvalue weighted by atomic mass is 9.97. The van der Waals surface area contributed by atoms with E-state index in [1.54, 1.807) is 26.4 Å². The van der Waals surface area contributed by atoms with Gasteiger partial charge in [-0.05, 0) is 41.1 Å². The number of Topliss-reactive ketones (excluding diaryl/α,β-unsaturated/α-hetero) is 1. The molecule has 0 fully saturated rings. The van der Waals surface area contributed by atoms with Gasteiger partial charge in [0.15, 0.2) is 23.2 Å². The lowest BCUT2D eigenvalue weighted by Gasteiger charge is -2.09. The normalized spacial score (nSPS) is 11.7. The van der Waals surface area contributed by atoms with Crippen LogP contribution in [0.15, 0.2) is 64.5 Å². The first-order valence-electron chi connectivity index (χ1n) is 9.35. The minimum absolute atomic E-state index is 0.270. The monoisotopic (exact) mass is 492 g/mol. The van der Waals surface area contributed by atoms with E-state index in [-0.39, 0.29) is 5.78 Å². The molecule has 0 saturated heterocycles. The van der Waals surface area contributed by atoms with Crippen LogP contribution in [-0.4, -0.2) is 25.0 Å². The van der Waals surface area contributed by atoms with Crippen LogP contribution in [0.2, 0.25) is 0 Å². The highest BCUT2D eigenvalue weighted by atomic mass is 79.9. The van der Waals surface area contributed by atoms with Crippen LogP contribution in [0.25, 0.3) is 22.0 Å². The maximum Gasteiger partial charge on any atom is 0.186 e. The number of benzene rings is 3. The van der Waals surface area contributed by atoms with Crippen LogP contribution in [0, 0.1) is 11.3 Å². The van der Waals surface area contributed by atoms with Crippen molar-refractivity contribution >= 4 is 43.8 Å². The number of ketones is 1. The number of nitrogens with zero attached hydrogens (tertiary/aromatic N) is 2. The first-order chi connectivity index (χ1) is 15.0. The molecule has 0 N–H and O–H groups in total. The number of ether oxygens (including phenoxy) is 2. The van der Waals surface area contributed by atoms with Crippen molar-refractivity contribution < 1.29 is 14.3 Å². The predicted octanol–water partition coefficient (Wildman–Crippen LogP) is 6.23. The predicted molar refractivity (Wildman–Crippen MR) is 125 cm³/mol. The van der Waals surface area contributed by atoms with Crippen molar-refractivity contribution in [3.63, 3.8) is 0 Å². The molecule has 1 atom stereocenters. The fraction of sp³-hybridized carbons (Fsp3) is 0.125. The van der Waals surface area contributed by atoms with Gasteiger partial charge in [0.05, 0.1) is 26.0 Å². The molecule has 1 heterocycles. The van der Waals surface area contributed by atoms with Gasteiger partial charge in [0, 0.05) is 21.0 Å². The molecule has 154 valence electrons. The number of hydrogen-bond acceptors (Lipinski definition) is 6. The number of carbonyl (C=O) groups excluding carboxylic acids is 1. The number of hydrogen-bond donors (Lipinski definition) is 0. The van der Waals surface area contributed by atoms with E-state index in [1.807, 2.05) is 47.8 Å². The quantitative estimate of drug-likeness (QED) is 0.298. The van der Waals surface area contributed by atoms with Crippen molar-refractivity contribution in [2.45, 2.75) is 5.92 Å². The summed E-state index contributed by atoms with van der Waals surface area (Å²) in [7, 11) is 3.15. The molecule has 0 aliphatic rings. The Morgan fingerprint density at radius 1 is 1.10 bits per heavy atom. The minimum atomic E-state index is -0.973. The van der Waals surface area contributed by atoms with Crippen molar-refractivity contribution in [1.29, 1.82) is 5.26 Å². The third-order valence-corrected chi connectivity index (χ3v) is 6.55. The standard InChI is InChI=1S/C24H17BrN2O3S/c1-29-21-9-8-15(11-22(21)30-2)20-13-31-24(27-20)18(12-26)23(28)16-7-6-14-4-3-5-19(25)17(14)10-16/h3-11,13,18H,1-2H3. The molecule has 1 unspecified atom stereocenters. The van der Waals surface area contributed by atoms with Crippen LogP contribution in [0.1, 0.15) is 21.3 Å². The van der Waals surface area contributed by atoms with E-state index in [0.717, 1.165) is 20.8 Å². The highest BCUT2D eigenvalue weighted by molar-refractivity contribution is 9.10. The maximum absolute atomic E-state index is 13.2. The Kier molecular flexibility index (Phi) is 6.03. The Hall–Kier alpha value is -3.21. The summed E-state index contributed by atoms with van der Waals surface area (Å²) in [6.07, 6.45) is 0. The Bertz CT molecular complexity index is 1330. The van der Waals surface area contributed by atoms with Crippen molar-refractivity contribution in [1.82, 2.24) is 4.98 Å². The molecule has 7 heteroatoms. The van der Waals surface area contributed by atoms with Crippen LogP contribution in [0.5, 0.6) is 11.5 Å². The van der Waals surface area contributed by atoms with Crippen LogP contribution >= 0.6 is 27.3 Å². The zero-order chi connectivity index (χ0) is 22.0. The minimum Gasteiger partial charge on any atom is -0.493 e. The molecule has 31 heavy (non-hydrogen) atoms. The zero-order valence-corrected chi connectivity index (χ0v) is 19.2.